The van der Waals surface area contributed by atoms with Gasteiger partial charge in [0.25, 0.3) is 5.91 Å². The van der Waals surface area contributed by atoms with Crippen LogP contribution < -0.4 is 5.32 Å². The molecule has 0 saturated heterocycles. The molecule has 0 aliphatic heterocycles. The molecular formula is C9H15NO2. The van der Waals surface area contributed by atoms with Crippen LogP contribution in [-0.4, -0.2) is 22.2 Å². The molecule has 3 nitrogen and oxygen atoms in total. The summed E-state index contributed by atoms with van der Waals surface area (Å²) in [5.41, 5.74) is -1.73. The fraction of sp³-hybridized carbons (Fsp3) is 0.667. The molecule has 0 fully saturated rings. The second kappa shape index (κ2) is 3.16. The highest BCUT2D eigenvalue weighted by Crippen LogP contribution is 2.19. The number of nitrogens with one attached hydrogen (secondary N) is 1. The number of rotatable bonds is 2. The summed E-state index contributed by atoms with van der Waals surface area (Å²) in [5, 5.41) is 12.1. The van der Waals surface area contributed by atoms with E-state index >= 15 is 0 Å². The maximum absolute atomic E-state index is 10.8. The highest BCUT2D eigenvalue weighted by atomic mass is 16.3. The SMILES string of the molecule is C#CC(=O)NC(C)(C)C(C)(C)O. The minimum Gasteiger partial charge on any atom is -0.388 e. The summed E-state index contributed by atoms with van der Waals surface area (Å²) >= 11 is 0. The Balaban J connectivity index is 4.46. The van der Waals surface area contributed by atoms with Crippen LogP contribution in [-0.2, 0) is 4.79 Å². The van der Waals surface area contributed by atoms with Crippen molar-refractivity contribution >= 4 is 5.91 Å². The molecule has 2 N–H and O–H groups in total. The highest BCUT2D eigenvalue weighted by molar-refractivity contribution is 5.93. The Morgan fingerprint density at radius 2 is 1.83 bits per heavy atom. The van der Waals surface area contributed by atoms with Gasteiger partial charge in [0.15, 0.2) is 0 Å². The van der Waals surface area contributed by atoms with Crippen LogP contribution in [0.4, 0.5) is 0 Å². The molecule has 68 valence electrons. The lowest BCUT2D eigenvalue weighted by Gasteiger charge is -2.37. The van der Waals surface area contributed by atoms with Gasteiger partial charge in [0, 0.05) is 0 Å². The van der Waals surface area contributed by atoms with E-state index in [1.54, 1.807) is 27.7 Å². The fourth-order valence-corrected chi connectivity index (χ4v) is 0.473. The van der Waals surface area contributed by atoms with Crippen LogP contribution in [0, 0.1) is 12.3 Å². The van der Waals surface area contributed by atoms with Gasteiger partial charge >= 0.3 is 0 Å². The Bertz CT molecular complexity index is 218. The van der Waals surface area contributed by atoms with Gasteiger partial charge in [-0.3, -0.25) is 4.79 Å². The average molecular weight is 169 g/mol. The van der Waals surface area contributed by atoms with E-state index < -0.39 is 17.0 Å². The fourth-order valence-electron chi connectivity index (χ4n) is 0.473. The number of carbonyl (C=O) groups is 1. The first-order chi connectivity index (χ1) is 5.20. The van der Waals surface area contributed by atoms with Crippen molar-refractivity contribution in [3.8, 4) is 12.3 Å². The van der Waals surface area contributed by atoms with Crippen molar-refractivity contribution in [2.75, 3.05) is 0 Å². The number of carbonyl (C=O) groups excluding carboxylic acids is 1. The van der Waals surface area contributed by atoms with Gasteiger partial charge in [-0.25, -0.2) is 0 Å². The lowest BCUT2D eigenvalue weighted by molar-refractivity contribution is -0.120. The third-order valence-corrected chi connectivity index (χ3v) is 2.09. The van der Waals surface area contributed by atoms with Gasteiger partial charge in [-0.05, 0) is 33.6 Å². The smallest absolute Gasteiger partial charge is 0.296 e. The first-order valence-electron chi connectivity index (χ1n) is 3.72. The molecule has 0 aliphatic carbocycles. The molecule has 0 spiro atoms. The molecule has 0 aromatic carbocycles. The normalized spacial score (nSPS) is 12.0. The summed E-state index contributed by atoms with van der Waals surface area (Å²) in [4.78, 5) is 10.8. The van der Waals surface area contributed by atoms with Gasteiger partial charge in [0.2, 0.25) is 0 Å². The zero-order valence-corrected chi connectivity index (χ0v) is 7.93. The molecule has 0 radical (unpaired) electrons. The summed E-state index contributed by atoms with van der Waals surface area (Å²) in [7, 11) is 0. The topological polar surface area (TPSA) is 49.3 Å². The van der Waals surface area contributed by atoms with Crippen LogP contribution in [0.2, 0.25) is 0 Å². The Hall–Kier alpha value is -1.01. The lowest BCUT2D eigenvalue weighted by Crippen LogP contribution is -2.57. The molecule has 0 saturated carbocycles. The van der Waals surface area contributed by atoms with E-state index in [4.69, 9.17) is 6.42 Å². The lowest BCUT2D eigenvalue weighted by atomic mass is 9.86. The molecule has 12 heavy (non-hydrogen) atoms. The minimum atomic E-state index is -1.00. The molecule has 0 heterocycles. The Morgan fingerprint density at radius 3 is 2.08 bits per heavy atom. The maximum atomic E-state index is 10.8. The number of aliphatic hydroxyl groups is 1. The van der Waals surface area contributed by atoms with Crippen molar-refractivity contribution in [3.05, 3.63) is 0 Å². The van der Waals surface area contributed by atoms with E-state index in [1.807, 2.05) is 5.92 Å². The van der Waals surface area contributed by atoms with E-state index in [0.717, 1.165) is 0 Å². The summed E-state index contributed by atoms with van der Waals surface area (Å²) in [6.07, 6.45) is 4.88. The Morgan fingerprint density at radius 1 is 1.42 bits per heavy atom. The quantitative estimate of drug-likeness (QED) is 0.583. The van der Waals surface area contributed by atoms with Gasteiger partial charge in [-0.1, -0.05) is 0 Å². The summed E-state index contributed by atoms with van der Waals surface area (Å²) in [6.45, 7) is 6.65. The van der Waals surface area contributed by atoms with Crippen molar-refractivity contribution in [3.63, 3.8) is 0 Å². The molecule has 0 aromatic heterocycles. The van der Waals surface area contributed by atoms with Crippen molar-refractivity contribution < 1.29 is 9.90 Å². The van der Waals surface area contributed by atoms with E-state index in [0.29, 0.717) is 0 Å². The first kappa shape index (κ1) is 11.0. The van der Waals surface area contributed by atoms with E-state index in [9.17, 15) is 9.90 Å². The average Bonchev–Trinajstić information content (AvgIpc) is 1.84. The number of hydrogen-bond donors (Lipinski definition) is 2. The number of hydrogen-bond acceptors (Lipinski definition) is 2. The van der Waals surface area contributed by atoms with Crippen LogP contribution in [0.1, 0.15) is 27.7 Å². The third kappa shape index (κ3) is 2.55. The van der Waals surface area contributed by atoms with E-state index in [1.165, 1.54) is 0 Å². The molecule has 0 rings (SSSR count). The predicted octanol–water partition coefficient (Wildman–Crippen LogP) is 0.285. The molecule has 0 aromatic rings. The second-order valence-corrected chi connectivity index (χ2v) is 3.78. The Kier molecular flexibility index (Phi) is 2.89. The molecule has 0 aliphatic rings. The van der Waals surface area contributed by atoms with Gasteiger partial charge in [0.1, 0.15) is 0 Å². The molecule has 0 bridgehead atoms. The third-order valence-electron chi connectivity index (χ3n) is 2.09. The van der Waals surface area contributed by atoms with E-state index in [-0.39, 0.29) is 0 Å². The van der Waals surface area contributed by atoms with Crippen LogP contribution in [0.25, 0.3) is 0 Å². The molecular weight excluding hydrogens is 154 g/mol. The van der Waals surface area contributed by atoms with Crippen LogP contribution in [0.15, 0.2) is 0 Å². The molecule has 3 heteroatoms. The largest absolute Gasteiger partial charge is 0.388 e. The van der Waals surface area contributed by atoms with Crippen LogP contribution in [0.5, 0.6) is 0 Å². The summed E-state index contributed by atoms with van der Waals surface area (Å²) in [6, 6.07) is 0. The van der Waals surface area contributed by atoms with Gasteiger partial charge < -0.3 is 10.4 Å². The van der Waals surface area contributed by atoms with Crippen molar-refractivity contribution in [2.45, 2.75) is 38.8 Å². The predicted molar refractivity (Wildman–Crippen MR) is 47.4 cm³/mol. The standard InChI is InChI=1S/C9H15NO2/c1-6-7(11)10-8(2,3)9(4,5)12/h1,12H,2-5H3,(H,10,11). The second-order valence-electron chi connectivity index (χ2n) is 3.78. The number of terminal acetylenes is 1. The zero-order valence-electron chi connectivity index (χ0n) is 7.93. The molecule has 1 amide bonds. The summed E-state index contributed by atoms with van der Waals surface area (Å²) < 4.78 is 0. The molecule has 0 atom stereocenters. The van der Waals surface area contributed by atoms with Crippen LogP contribution >= 0.6 is 0 Å². The van der Waals surface area contributed by atoms with Gasteiger partial charge in [-0.15, -0.1) is 6.42 Å². The minimum absolute atomic E-state index is 0.512. The first-order valence-corrected chi connectivity index (χ1v) is 3.72. The molecule has 0 unspecified atom stereocenters. The number of amides is 1. The van der Waals surface area contributed by atoms with Crippen molar-refractivity contribution in [1.82, 2.24) is 5.32 Å². The van der Waals surface area contributed by atoms with Crippen LogP contribution in [0.3, 0.4) is 0 Å². The van der Waals surface area contributed by atoms with Crippen molar-refractivity contribution in [1.29, 1.82) is 0 Å². The van der Waals surface area contributed by atoms with E-state index in [2.05, 4.69) is 5.32 Å². The highest BCUT2D eigenvalue weighted by Gasteiger charge is 2.35. The monoisotopic (exact) mass is 169 g/mol. The zero-order chi connectivity index (χ0) is 9.99. The van der Waals surface area contributed by atoms with Gasteiger partial charge in [-0.2, -0.15) is 0 Å². The summed E-state index contributed by atoms with van der Waals surface area (Å²) in [5.74, 6) is 1.42. The van der Waals surface area contributed by atoms with Crippen molar-refractivity contribution in [2.24, 2.45) is 0 Å². The van der Waals surface area contributed by atoms with Gasteiger partial charge in [0.05, 0.1) is 11.1 Å². The Labute approximate surface area is 73.2 Å². The maximum Gasteiger partial charge on any atom is 0.296 e.